The predicted octanol–water partition coefficient (Wildman–Crippen LogP) is 5.65. The molecule has 2 aromatic heterocycles. The lowest BCUT2D eigenvalue weighted by Gasteiger charge is -2.33. The first kappa shape index (κ1) is 27.8. The molecule has 3 aromatic carbocycles. The Morgan fingerprint density at radius 2 is 0.979 bits per heavy atom. The number of benzene rings is 3. The molecule has 0 bridgehead atoms. The molecule has 0 atom stereocenters. The van der Waals surface area contributed by atoms with Crippen LogP contribution >= 0.6 is 0 Å². The van der Waals surface area contributed by atoms with Gasteiger partial charge in [0.05, 0.1) is 24.5 Å². The van der Waals surface area contributed by atoms with Crippen molar-refractivity contribution in [3.8, 4) is 45.5 Å². The zero-order chi connectivity index (χ0) is 31.9. The average Bonchev–Trinajstić information content (AvgIpc) is 3.64. The molecule has 0 saturated carbocycles. The van der Waals surface area contributed by atoms with E-state index in [9.17, 15) is 0 Å². The third-order valence-electron chi connectivity index (χ3n) is 8.88. The molecule has 0 spiro atoms. The van der Waals surface area contributed by atoms with Crippen LogP contribution in [-0.4, -0.2) is 52.8 Å². The van der Waals surface area contributed by atoms with Gasteiger partial charge in [0.1, 0.15) is 45.6 Å². The van der Waals surface area contributed by atoms with Gasteiger partial charge < -0.3 is 18.9 Å². The molecular formula is C38H31BN4O4. The van der Waals surface area contributed by atoms with Gasteiger partial charge in [0.25, 0.3) is 6.71 Å². The van der Waals surface area contributed by atoms with Crippen molar-refractivity contribution in [2.24, 2.45) is 9.98 Å². The number of ether oxygens (including phenoxy) is 4. The highest BCUT2D eigenvalue weighted by molar-refractivity contribution is 6.98. The van der Waals surface area contributed by atoms with Gasteiger partial charge in [-0.25, -0.2) is 20.0 Å². The number of hydrogen-bond donors (Lipinski definition) is 0. The van der Waals surface area contributed by atoms with E-state index >= 15 is 0 Å². The van der Waals surface area contributed by atoms with Gasteiger partial charge in [0.15, 0.2) is 0 Å². The lowest BCUT2D eigenvalue weighted by molar-refractivity contribution is 0.130. The summed E-state index contributed by atoms with van der Waals surface area (Å²) in [6, 6.07) is 30.5. The van der Waals surface area contributed by atoms with Gasteiger partial charge in [-0.3, -0.25) is 0 Å². The van der Waals surface area contributed by atoms with Crippen LogP contribution in [0.5, 0.6) is 23.0 Å². The van der Waals surface area contributed by atoms with Crippen LogP contribution in [-0.2, 0) is 9.47 Å². The van der Waals surface area contributed by atoms with Crippen LogP contribution in [0, 0.1) is 0 Å². The largest absolute Gasteiger partial charge is 0.468 e. The molecule has 8 nitrogen and oxygen atoms in total. The minimum Gasteiger partial charge on any atom is -0.468 e. The van der Waals surface area contributed by atoms with E-state index in [-0.39, 0.29) is 17.9 Å². The molecule has 0 fully saturated rings. The Morgan fingerprint density at radius 3 is 1.43 bits per heavy atom. The molecule has 4 aliphatic rings. The molecule has 230 valence electrons. The number of hydrogen-bond acceptors (Lipinski definition) is 8. The molecule has 6 heterocycles. The fourth-order valence-electron chi connectivity index (χ4n) is 6.62. The third-order valence-corrected chi connectivity index (χ3v) is 8.88. The highest BCUT2D eigenvalue weighted by Crippen LogP contribution is 2.37. The molecular weight excluding hydrogens is 587 g/mol. The summed E-state index contributed by atoms with van der Waals surface area (Å²) in [4.78, 5) is 19.0. The summed E-state index contributed by atoms with van der Waals surface area (Å²) in [7, 11) is 0. The summed E-state index contributed by atoms with van der Waals surface area (Å²) in [6.07, 6.45) is 0. The van der Waals surface area contributed by atoms with Gasteiger partial charge >= 0.3 is 0 Å². The Balaban J connectivity index is 1.08. The summed E-state index contributed by atoms with van der Waals surface area (Å²) in [5, 5.41) is 0. The second-order valence-corrected chi connectivity index (χ2v) is 13.6. The smallest absolute Gasteiger partial charge is 0.260 e. The molecule has 0 aliphatic carbocycles. The van der Waals surface area contributed by atoms with E-state index in [0.29, 0.717) is 24.9 Å². The van der Waals surface area contributed by atoms with Gasteiger partial charge in [-0.1, -0.05) is 42.5 Å². The summed E-state index contributed by atoms with van der Waals surface area (Å²) in [5.41, 5.74) is 7.56. The normalized spacial score (nSPS) is 17.6. The van der Waals surface area contributed by atoms with E-state index in [1.165, 1.54) is 0 Å². The monoisotopic (exact) mass is 618 g/mol. The number of pyridine rings is 2. The SMILES string of the molecule is CC1(C)CN=C(c2cccc(-c3ccc4c(c3)Oc3cccc5c3B4c3ccc(-c4cccc(C6=NCC(C)(C)O6)n4)cc3O5)n2)O1. The summed E-state index contributed by atoms with van der Waals surface area (Å²) in [6.45, 7) is 9.30. The Hall–Kier alpha value is -5.44. The number of rotatable bonds is 4. The van der Waals surface area contributed by atoms with Crippen molar-refractivity contribution in [2.45, 2.75) is 38.9 Å². The van der Waals surface area contributed by atoms with Crippen LogP contribution in [0.15, 0.2) is 101 Å². The average molecular weight is 619 g/mol. The van der Waals surface area contributed by atoms with Crippen LogP contribution in [0.2, 0.25) is 0 Å². The van der Waals surface area contributed by atoms with E-state index in [1.54, 1.807) is 0 Å². The van der Waals surface area contributed by atoms with E-state index in [0.717, 1.165) is 73.3 Å². The molecule has 0 radical (unpaired) electrons. The fourth-order valence-corrected chi connectivity index (χ4v) is 6.62. The number of nitrogens with zero attached hydrogens (tertiary/aromatic N) is 4. The number of aliphatic imine (C=N–C) groups is 2. The van der Waals surface area contributed by atoms with E-state index in [2.05, 4.69) is 46.4 Å². The quantitative estimate of drug-likeness (QED) is 0.237. The van der Waals surface area contributed by atoms with Crippen LogP contribution in [0.4, 0.5) is 0 Å². The maximum atomic E-state index is 6.54. The van der Waals surface area contributed by atoms with E-state index in [4.69, 9.17) is 28.9 Å². The first-order valence-electron chi connectivity index (χ1n) is 15.9. The molecule has 0 amide bonds. The van der Waals surface area contributed by atoms with Crippen LogP contribution < -0.4 is 25.9 Å². The Labute approximate surface area is 273 Å². The molecule has 4 aliphatic heterocycles. The Morgan fingerprint density at radius 1 is 0.532 bits per heavy atom. The van der Waals surface area contributed by atoms with Gasteiger partial charge in [-0.15, -0.1) is 0 Å². The van der Waals surface area contributed by atoms with Crippen LogP contribution in [0.1, 0.15) is 39.1 Å². The van der Waals surface area contributed by atoms with Crippen LogP contribution in [0.25, 0.3) is 22.5 Å². The van der Waals surface area contributed by atoms with Crippen LogP contribution in [0.3, 0.4) is 0 Å². The van der Waals surface area contributed by atoms with E-state index in [1.807, 2.05) is 82.3 Å². The summed E-state index contributed by atoms with van der Waals surface area (Å²) < 4.78 is 25.2. The molecule has 0 saturated heterocycles. The van der Waals surface area contributed by atoms with Gasteiger partial charge in [-0.05, 0) is 87.2 Å². The molecule has 0 unspecified atom stereocenters. The van der Waals surface area contributed by atoms with Crippen molar-refractivity contribution in [2.75, 3.05) is 13.1 Å². The fraction of sp³-hybridized carbons (Fsp3) is 0.211. The van der Waals surface area contributed by atoms with Crippen molar-refractivity contribution in [1.29, 1.82) is 0 Å². The van der Waals surface area contributed by atoms with Crippen molar-refractivity contribution in [3.63, 3.8) is 0 Å². The zero-order valence-corrected chi connectivity index (χ0v) is 26.6. The maximum absolute atomic E-state index is 6.54. The second-order valence-electron chi connectivity index (χ2n) is 13.6. The van der Waals surface area contributed by atoms with Crippen molar-refractivity contribution >= 4 is 34.9 Å². The summed E-state index contributed by atoms with van der Waals surface area (Å²) >= 11 is 0. The van der Waals surface area contributed by atoms with Gasteiger partial charge in [-0.2, -0.15) is 0 Å². The first-order valence-corrected chi connectivity index (χ1v) is 15.9. The predicted molar refractivity (Wildman–Crippen MR) is 184 cm³/mol. The van der Waals surface area contributed by atoms with Crippen molar-refractivity contribution in [3.05, 3.63) is 102 Å². The third kappa shape index (κ3) is 4.76. The highest BCUT2D eigenvalue weighted by atomic mass is 16.5. The molecule has 9 heteroatoms. The molecule has 5 aromatic rings. The van der Waals surface area contributed by atoms with Gasteiger partial charge in [0.2, 0.25) is 11.8 Å². The minimum atomic E-state index is -0.322. The molecule has 47 heavy (non-hydrogen) atoms. The van der Waals surface area contributed by atoms with Crippen molar-refractivity contribution < 1.29 is 18.9 Å². The molecule has 9 rings (SSSR count). The van der Waals surface area contributed by atoms with Gasteiger partial charge in [0, 0.05) is 16.6 Å². The second kappa shape index (κ2) is 10.0. The Kier molecular flexibility index (Phi) is 5.94. The zero-order valence-electron chi connectivity index (χ0n) is 26.6. The maximum Gasteiger partial charge on any atom is 0.260 e. The topological polar surface area (TPSA) is 87.4 Å². The number of aromatic nitrogens is 2. The highest BCUT2D eigenvalue weighted by Gasteiger charge is 2.40. The lowest BCUT2D eigenvalue weighted by Crippen LogP contribution is -2.57. The minimum absolute atomic E-state index is 0.0534. The standard InChI is InChI=1S/C38H31BN4O4/c1-37(2)20-40-35(46-37)28-10-5-8-26(42-28)22-14-16-24-32(18-22)44-30-12-7-13-31-34(30)39(24)25-17-15-23(19-33(25)45-31)27-9-6-11-29(43-27)36-41-21-38(3,4)47-36/h5-19H,20-21H2,1-4H3. The number of fused-ring (bicyclic) bond motifs is 4. The molecule has 0 N–H and O–H groups in total. The van der Waals surface area contributed by atoms with Crippen molar-refractivity contribution in [1.82, 2.24) is 9.97 Å². The lowest BCUT2D eigenvalue weighted by atomic mass is 9.35. The first-order chi connectivity index (χ1) is 22.7. The Bertz CT molecular complexity index is 2040. The summed E-state index contributed by atoms with van der Waals surface area (Å²) in [5.74, 6) is 4.34. The van der Waals surface area contributed by atoms with E-state index < -0.39 is 0 Å².